The van der Waals surface area contributed by atoms with Crippen LogP contribution in [0, 0.1) is 5.41 Å². The Balaban J connectivity index is 1.63. The first-order valence-corrected chi connectivity index (χ1v) is 5.55. The Bertz CT molecular complexity index is 296. The zero-order valence-electron chi connectivity index (χ0n) is 8.95. The molecule has 1 aliphatic carbocycles. The van der Waals surface area contributed by atoms with Crippen molar-refractivity contribution in [2.24, 2.45) is 5.41 Å². The van der Waals surface area contributed by atoms with E-state index < -0.39 is 0 Å². The Hall–Kier alpha value is -0.930. The van der Waals surface area contributed by atoms with Gasteiger partial charge in [0, 0.05) is 31.0 Å². The molecular weight excluding hydrogens is 188 g/mol. The molecular formula is C12H18N2O. The molecule has 0 bridgehead atoms. The molecule has 0 saturated heterocycles. The van der Waals surface area contributed by atoms with Crippen LogP contribution in [-0.2, 0) is 6.42 Å². The summed E-state index contributed by atoms with van der Waals surface area (Å²) < 4.78 is 0. The molecule has 0 aromatic carbocycles. The Kier molecular flexibility index (Phi) is 3.34. The number of pyridine rings is 1. The highest BCUT2D eigenvalue weighted by Gasteiger charge is 2.41. The minimum absolute atomic E-state index is 0.217. The normalized spacial score (nSPS) is 17.7. The number of nitrogens with one attached hydrogen (secondary N) is 1. The number of aliphatic hydroxyl groups is 1. The predicted octanol–water partition coefficient (Wildman–Crippen LogP) is 0.986. The van der Waals surface area contributed by atoms with Crippen molar-refractivity contribution in [2.75, 3.05) is 19.7 Å². The van der Waals surface area contributed by atoms with E-state index >= 15 is 0 Å². The highest BCUT2D eigenvalue weighted by molar-refractivity contribution is 5.08. The van der Waals surface area contributed by atoms with E-state index in [4.69, 9.17) is 5.11 Å². The Labute approximate surface area is 90.5 Å². The molecule has 15 heavy (non-hydrogen) atoms. The van der Waals surface area contributed by atoms with Gasteiger partial charge in [-0.15, -0.1) is 0 Å². The lowest BCUT2D eigenvalue weighted by Gasteiger charge is -2.12. The van der Waals surface area contributed by atoms with Crippen LogP contribution in [0.25, 0.3) is 0 Å². The molecule has 3 heteroatoms. The molecule has 0 aliphatic heterocycles. The minimum atomic E-state index is 0.217. The maximum atomic E-state index is 9.12. The van der Waals surface area contributed by atoms with Gasteiger partial charge in [0.15, 0.2) is 0 Å². The molecule has 3 nitrogen and oxygen atoms in total. The number of nitrogens with zero attached hydrogens (tertiary/aromatic N) is 1. The second kappa shape index (κ2) is 4.73. The molecule has 2 N–H and O–H groups in total. The van der Waals surface area contributed by atoms with Crippen molar-refractivity contribution in [1.29, 1.82) is 0 Å². The van der Waals surface area contributed by atoms with Gasteiger partial charge < -0.3 is 10.4 Å². The molecule has 1 heterocycles. The first-order valence-electron chi connectivity index (χ1n) is 5.55. The first kappa shape index (κ1) is 10.6. The molecule has 1 aromatic rings. The van der Waals surface area contributed by atoms with Gasteiger partial charge in [0.25, 0.3) is 0 Å². The van der Waals surface area contributed by atoms with Gasteiger partial charge in [-0.3, -0.25) is 4.98 Å². The number of aromatic nitrogens is 1. The van der Waals surface area contributed by atoms with Crippen LogP contribution in [0.1, 0.15) is 18.4 Å². The Morgan fingerprint density at radius 1 is 1.47 bits per heavy atom. The molecule has 1 fully saturated rings. The molecule has 0 radical (unpaired) electrons. The van der Waals surface area contributed by atoms with E-state index in [0.717, 1.165) is 19.5 Å². The van der Waals surface area contributed by atoms with Gasteiger partial charge in [0.05, 0.1) is 0 Å². The summed E-state index contributed by atoms with van der Waals surface area (Å²) in [6.45, 7) is 2.24. The predicted molar refractivity (Wildman–Crippen MR) is 59.6 cm³/mol. The van der Waals surface area contributed by atoms with Gasteiger partial charge >= 0.3 is 0 Å². The fourth-order valence-corrected chi connectivity index (χ4v) is 1.70. The molecule has 0 amide bonds. The largest absolute Gasteiger partial charge is 0.396 e. The van der Waals surface area contributed by atoms with Gasteiger partial charge in [-0.05, 0) is 37.4 Å². The van der Waals surface area contributed by atoms with Gasteiger partial charge in [0.1, 0.15) is 0 Å². The van der Waals surface area contributed by atoms with Crippen molar-refractivity contribution in [2.45, 2.75) is 19.3 Å². The van der Waals surface area contributed by atoms with Crippen LogP contribution in [0.2, 0.25) is 0 Å². The van der Waals surface area contributed by atoms with Crippen LogP contribution < -0.4 is 5.32 Å². The van der Waals surface area contributed by atoms with Crippen LogP contribution in [0.15, 0.2) is 24.5 Å². The first-order chi connectivity index (χ1) is 7.35. The summed E-state index contributed by atoms with van der Waals surface area (Å²) in [6.07, 6.45) is 7.05. The topological polar surface area (TPSA) is 45.1 Å². The molecule has 1 aliphatic rings. The van der Waals surface area contributed by atoms with E-state index in [-0.39, 0.29) is 5.41 Å². The summed E-state index contributed by atoms with van der Waals surface area (Å²) in [5.74, 6) is 0. The fraction of sp³-hybridized carbons (Fsp3) is 0.583. The van der Waals surface area contributed by atoms with E-state index in [1.807, 2.05) is 12.3 Å². The van der Waals surface area contributed by atoms with Crippen LogP contribution in [0.5, 0.6) is 0 Å². The van der Waals surface area contributed by atoms with E-state index in [1.165, 1.54) is 18.4 Å². The maximum absolute atomic E-state index is 9.12. The van der Waals surface area contributed by atoms with Crippen LogP contribution in [0.4, 0.5) is 0 Å². The lowest BCUT2D eigenvalue weighted by molar-refractivity contribution is 0.208. The summed E-state index contributed by atoms with van der Waals surface area (Å²) in [5, 5.41) is 12.5. The van der Waals surface area contributed by atoms with Crippen LogP contribution in [0.3, 0.4) is 0 Å². The zero-order chi connectivity index (χ0) is 10.6. The van der Waals surface area contributed by atoms with Crippen molar-refractivity contribution in [1.82, 2.24) is 10.3 Å². The average molecular weight is 206 g/mol. The SMILES string of the molecule is OCC1(CNCCc2cccnc2)CC1. The Morgan fingerprint density at radius 2 is 2.33 bits per heavy atom. The third-order valence-corrected chi connectivity index (χ3v) is 3.11. The summed E-state index contributed by atoms with van der Waals surface area (Å²) in [5.41, 5.74) is 1.48. The van der Waals surface area contributed by atoms with Crippen LogP contribution >= 0.6 is 0 Å². The average Bonchev–Trinajstić information content (AvgIpc) is 3.07. The molecule has 82 valence electrons. The fourth-order valence-electron chi connectivity index (χ4n) is 1.70. The van der Waals surface area contributed by atoms with E-state index in [0.29, 0.717) is 6.61 Å². The number of aliphatic hydroxyl groups excluding tert-OH is 1. The van der Waals surface area contributed by atoms with E-state index in [1.54, 1.807) is 6.20 Å². The zero-order valence-corrected chi connectivity index (χ0v) is 8.95. The molecule has 1 saturated carbocycles. The monoisotopic (exact) mass is 206 g/mol. The molecule has 1 aromatic heterocycles. The van der Waals surface area contributed by atoms with Crippen molar-refractivity contribution in [3.8, 4) is 0 Å². The summed E-state index contributed by atoms with van der Waals surface area (Å²) in [6, 6.07) is 4.05. The number of rotatable bonds is 6. The molecule has 0 spiro atoms. The second-order valence-corrected chi connectivity index (χ2v) is 4.45. The minimum Gasteiger partial charge on any atom is -0.396 e. The highest BCUT2D eigenvalue weighted by atomic mass is 16.3. The molecule has 0 atom stereocenters. The van der Waals surface area contributed by atoms with Crippen LogP contribution in [-0.4, -0.2) is 29.8 Å². The van der Waals surface area contributed by atoms with Crippen molar-refractivity contribution >= 4 is 0 Å². The third kappa shape index (κ3) is 3.01. The Morgan fingerprint density at radius 3 is 2.93 bits per heavy atom. The van der Waals surface area contributed by atoms with Gasteiger partial charge in [-0.25, -0.2) is 0 Å². The number of hydrogen-bond acceptors (Lipinski definition) is 3. The van der Waals surface area contributed by atoms with Crippen molar-refractivity contribution in [3.63, 3.8) is 0 Å². The second-order valence-electron chi connectivity index (χ2n) is 4.45. The molecule has 2 rings (SSSR count). The quantitative estimate of drug-likeness (QED) is 0.682. The third-order valence-electron chi connectivity index (χ3n) is 3.11. The summed E-state index contributed by atoms with van der Waals surface area (Å²) in [7, 11) is 0. The summed E-state index contributed by atoms with van der Waals surface area (Å²) >= 11 is 0. The van der Waals surface area contributed by atoms with Crippen molar-refractivity contribution in [3.05, 3.63) is 30.1 Å². The van der Waals surface area contributed by atoms with E-state index in [9.17, 15) is 0 Å². The lowest BCUT2D eigenvalue weighted by atomic mass is 10.1. The smallest absolute Gasteiger partial charge is 0.0499 e. The summed E-state index contributed by atoms with van der Waals surface area (Å²) in [4.78, 5) is 4.07. The lowest BCUT2D eigenvalue weighted by Crippen LogP contribution is -2.28. The van der Waals surface area contributed by atoms with E-state index in [2.05, 4.69) is 16.4 Å². The number of hydrogen-bond donors (Lipinski definition) is 2. The highest BCUT2D eigenvalue weighted by Crippen LogP contribution is 2.44. The molecule has 0 unspecified atom stereocenters. The van der Waals surface area contributed by atoms with Gasteiger partial charge in [-0.1, -0.05) is 6.07 Å². The van der Waals surface area contributed by atoms with Gasteiger partial charge in [0.2, 0.25) is 0 Å². The van der Waals surface area contributed by atoms with Gasteiger partial charge in [-0.2, -0.15) is 0 Å². The maximum Gasteiger partial charge on any atom is 0.0499 e. The van der Waals surface area contributed by atoms with Crippen molar-refractivity contribution < 1.29 is 5.11 Å². The standard InChI is InChI=1S/C12H18N2O/c15-10-12(4-5-12)9-14-7-3-11-2-1-6-13-8-11/h1-2,6,8,14-15H,3-5,7,9-10H2.